The van der Waals surface area contributed by atoms with Crippen LogP contribution in [0.4, 0.5) is 11.5 Å². The number of nitrogens with two attached hydrogens (primary N) is 1. The first-order valence-electron chi connectivity index (χ1n) is 9.15. The molecule has 4 rings (SSSR count). The lowest BCUT2D eigenvalue weighted by atomic mass is 10.0. The topological polar surface area (TPSA) is 81.2 Å². The number of aryl methyl sites for hydroxylation is 1. The summed E-state index contributed by atoms with van der Waals surface area (Å²) in [4.78, 5) is 16.9. The zero-order valence-corrected chi connectivity index (χ0v) is 15.6. The number of furan rings is 1. The average Bonchev–Trinajstić information content (AvgIpc) is 3.05. The predicted molar refractivity (Wildman–Crippen MR) is 111 cm³/mol. The lowest BCUT2D eigenvalue weighted by Gasteiger charge is -2.09. The molecule has 0 radical (unpaired) electrons. The van der Waals surface area contributed by atoms with Crippen molar-refractivity contribution in [1.29, 1.82) is 0 Å². The molecule has 2 aromatic heterocycles. The van der Waals surface area contributed by atoms with E-state index in [9.17, 15) is 4.79 Å². The Bertz CT molecular complexity index is 1150. The Morgan fingerprint density at radius 2 is 1.89 bits per heavy atom. The van der Waals surface area contributed by atoms with E-state index >= 15 is 0 Å². The van der Waals surface area contributed by atoms with Gasteiger partial charge in [-0.3, -0.25) is 4.79 Å². The van der Waals surface area contributed by atoms with Gasteiger partial charge in [0.1, 0.15) is 11.4 Å². The van der Waals surface area contributed by atoms with E-state index < -0.39 is 0 Å². The number of nitrogens with zero attached hydrogens (tertiary/aromatic N) is 1. The molecule has 5 heteroatoms. The molecule has 3 N–H and O–H groups in total. The average molecular weight is 371 g/mol. The number of hydrogen-bond donors (Lipinski definition) is 2. The van der Waals surface area contributed by atoms with Crippen molar-refractivity contribution in [3.8, 4) is 0 Å². The number of para-hydroxylation sites is 1. The Kier molecular flexibility index (Phi) is 4.81. The smallest absolute Gasteiger partial charge is 0.202 e. The molecule has 0 atom stereocenters. The Labute approximate surface area is 163 Å². The summed E-state index contributed by atoms with van der Waals surface area (Å²) in [5, 5.41) is 4.26. The second-order valence-corrected chi connectivity index (χ2v) is 6.76. The largest absolute Gasteiger partial charge is 0.453 e. The van der Waals surface area contributed by atoms with E-state index in [1.165, 1.54) is 0 Å². The number of hydrogen-bond acceptors (Lipinski definition) is 5. The van der Waals surface area contributed by atoms with Crippen LogP contribution in [0.15, 0.2) is 71.3 Å². The number of nitrogen functional groups attached to an aromatic ring is 1. The standard InChI is InChI=1S/C23H21N3O2/c1-15-18-8-2-3-10-21(18)28-22(15)20(27)13-16-6-4-7-17(12-16)14-26-19-9-5-11-25-23(19)24/h2-12,26H,13-14H2,1H3,(H2,24,25). The third kappa shape index (κ3) is 3.60. The molecule has 2 heterocycles. The number of ketones is 1. The van der Waals surface area contributed by atoms with Gasteiger partial charge in [-0.1, -0.05) is 42.5 Å². The van der Waals surface area contributed by atoms with E-state index in [0.717, 1.165) is 33.3 Å². The van der Waals surface area contributed by atoms with E-state index in [1.54, 1.807) is 6.20 Å². The van der Waals surface area contributed by atoms with Crippen molar-refractivity contribution in [2.75, 3.05) is 11.1 Å². The van der Waals surface area contributed by atoms with Crippen molar-refractivity contribution in [2.24, 2.45) is 0 Å². The lowest BCUT2D eigenvalue weighted by Crippen LogP contribution is -2.06. The second-order valence-electron chi connectivity index (χ2n) is 6.76. The Hall–Kier alpha value is -3.60. The highest BCUT2D eigenvalue weighted by molar-refractivity contribution is 6.01. The van der Waals surface area contributed by atoms with Crippen molar-refractivity contribution < 1.29 is 9.21 Å². The first-order valence-corrected chi connectivity index (χ1v) is 9.15. The van der Waals surface area contributed by atoms with Gasteiger partial charge in [-0.15, -0.1) is 0 Å². The maximum Gasteiger partial charge on any atom is 0.202 e. The number of carbonyl (C=O) groups is 1. The van der Waals surface area contributed by atoms with Crippen molar-refractivity contribution in [1.82, 2.24) is 4.98 Å². The highest BCUT2D eigenvalue weighted by atomic mass is 16.3. The SMILES string of the molecule is Cc1c(C(=O)Cc2cccc(CNc3cccnc3N)c2)oc2ccccc12. The summed E-state index contributed by atoms with van der Waals surface area (Å²) in [6.07, 6.45) is 1.95. The third-order valence-corrected chi connectivity index (χ3v) is 4.77. The van der Waals surface area contributed by atoms with Gasteiger partial charge in [0.25, 0.3) is 0 Å². The molecule has 5 nitrogen and oxygen atoms in total. The number of benzene rings is 2. The molecular weight excluding hydrogens is 350 g/mol. The van der Waals surface area contributed by atoms with Crippen LogP contribution in [0.5, 0.6) is 0 Å². The van der Waals surface area contributed by atoms with Crippen molar-refractivity contribution in [3.05, 3.63) is 89.3 Å². The minimum Gasteiger partial charge on any atom is -0.453 e. The molecular formula is C23H21N3O2. The summed E-state index contributed by atoms with van der Waals surface area (Å²) in [5.41, 5.74) is 10.3. The van der Waals surface area contributed by atoms with E-state index in [2.05, 4.69) is 10.3 Å². The van der Waals surface area contributed by atoms with Crippen LogP contribution in [0.2, 0.25) is 0 Å². The van der Waals surface area contributed by atoms with Crippen LogP contribution in [-0.2, 0) is 13.0 Å². The molecule has 0 spiro atoms. The van der Waals surface area contributed by atoms with Gasteiger partial charge in [0.05, 0.1) is 5.69 Å². The maximum atomic E-state index is 12.8. The fraction of sp³-hybridized carbons (Fsp3) is 0.130. The molecule has 0 unspecified atom stereocenters. The van der Waals surface area contributed by atoms with Gasteiger partial charge in [0.15, 0.2) is 5.76 Å². The predicted octanol–water partition coefficient (Wildman–Crippen LogP) is 4.76. The Morgan fingerprint density at radius 1 is 1.07 bits per heavy atom. The molecule has 0 aliphatic rings. The summed E-state index contributed by atoms with van der Waals surface area (Å²) in [7, 11) is 0. The van der Waals surface area contributed by atoms with Crippen LogP contribution < -0.4 is 11.1 Å². The van der Waals surface area contributed by atoms with Crippen LogP contribution in [0.25, 0.3) is 11.0 Å². The molecule has 4 aromatic rings. The molecule has 140 valence electrons. The zero-order chi connectivity index (χ0) is 19.5. The zero-order valence-electron chi connectivity index (χ0n) is 15.6. The number of anilines is 2. The first-order chi connectivity index (χ1) is 13.6. The van der Waals surface area contributed by atoms with Crippen molar-refractivity contribution in [3.63, 3.8) is 0 Å². The number of nitrogens with one attached hydrogen (secondary N) is 1. The fourth-order valence-electron chi connectivity index (χ4n) is 3.32. The van der Waals surface area contributed by atoms with E-state index in [4.69, 9.17) is 10.2 Å². The van der Waals surface area contributed by atoms with Crippen molar-refractivity contribution in [2.45, 2.75) is 19.9 Å². The van der Waals surface area contributed by atoms with E-state index in [0.29, 0.717) is 24.5 Å². The molecule has 2 aromatic carbocycles. The minimum absolute atomic E-state index is 0.0182. The molecule has 28 heavy (non-hydrogen) atoms. The monoisotopic (exact) mass is 371 g/mol. The molecule has 0 fully saturated rings. The highest BCUT2D eigenvalue weighted by Crippen LogP contribution is 2.26. The van der Waals surface area contributed by atoms with E-state index in [1.807, 2.05) is 67.6 Å². The number of aromatic nitrogens is 1. The molecule has 0 saturated carbocycles. The molecule has 0 bridgehead atoms. The Balaban J connectivity index is 1.49. The van der Waals surface area contributed by atoms with Gasteiger partial charge in [0, 0.05) is 30.1 Å². The number of fused-ring (bicyclic) bond motifs is 1. The normalized spacial score (nSPS) is 10.9. The summed E-state index contributed by atoms with van der Waals surface area (Å²) in [6.45, 7) is 2.53. The summed E-state index contributed by atoms with van der Waals surface area (Å²) >= 11 is 0. The number of rotatable bonds is 6. The van der Waals surface area contributed by atoms with Crippen LogP contribution in [0.3, 0.4) is 0 Å². The highest BCUT2D eigenvalue weighted by Gasteiger charge is 2.17. The van der Waals surface area contributed by atoms with Gasteiger partial charge in [-0.2, -0.15) is 0 Å². The van der Waals surface area contributed by atoms with Crippen molar-refractivity contribution >= 4 is 28.3 Å². The Morgan fingerprint density at radius 3 is 2.71 bits per heavy atom. The van der Waals surface area contributed by atoms with Crippen LogP contribution in [0.1, 0.15) is 27.2 Å². The second kappa shape index (κ2) is 7.56. The molecule has 0 saturated heterocycles. The fourth-order valence-corrected chi connectivity index (χ4v) is 3.32. The first kappa shape index (κ1) is 17.8. The molecule has 0 aliphatic heterocycles. The lowest BCUT2D eigenvalue weighted by molar-refractivity contribution is 0.0967. The maximum absolute atomic E-state index is 12.8. The third-order valence-electron chi connectivity index (χ3n) is 4.77. The van der Waals surface area contributed by atoms with E-state index in [-0.39, 0.29) is 5.78 Å². The summed E-state index contributed by atoms with van der Waals surface area (Å²) in [6, 6.07) is 19.4. The summed E-state index contributed by atoms with van der Waals surface area (Å²) in [5.74, 6) is 0.886. The molecule has 0 amide bonds. The minimum atomic E-state index is -0.0182. The van der Waals surface area contributed by atoms with Crippen LogP contribution in [-0.4, -0.2) is 10.8 Å². The van der Waals surface area contributed by atoms with Crippen LogP contribution in [0, 0.1) is 6.92 Å². The molecule has 0 aliphatic carbocycles. The number of carbonyl (C=O) groups excluding carboxylic acids is 1. The van der Waals surface area contributed by atoms with Gasteiger partial charge in [-0.05, 0) is 36.2 Å². The van der Waals surface area contributed by atoms with Gasteiger partial charge >= 0.3 is 0 Å². The van der Waals surface area contributed by atoms with Gasteiger partial charge in [0.2, 0.25) is 5.78 Å². The van der Waals surface area contributed by atoms with Crippen LogP contribution >= 0.6 is 0 Å². The quantitative estimate of drug-likeness (QED) is 0.478. The number of Topliss-reactive ketones (excluding diaryl/α,β-unsaturated/α-hetero) is 1. The number of pyridine rings is 1. The van der Waals surface area contributed by atoms with Gasteiger partial charge in [-0.25, -0.2) is 4.98 Å². The van der Waals surface area contributed by atoms with Gasteiger partial charge < -0.3 is 15.5 Å². The summed E-state index contributed by atoms with van der Waals surface area (Å²) < 4.78 is 5.80.